The number of carbonyl (C=O) groups excluding carboxylic acids is 1. The third-order valence-corrected chi connectivity index (χ3v) is 6.36. The van der Waals surface area contributed by atoms with Gasteiger partial charge >= 0.3 is 0 Å². The van der Waals surface area contributed by atoms with Crippen LogP contribution in [-0.4, -0.2) is 37.3 Å². The normalized spacial score (nSPS) is 16.9. The van der Waals surface area contributed by atoms with Crippen LogP contribution in [0.2, 0.25) is 0 Å². The second-order valence-corrected chi connectivity index (χ2v) is 8.24. The average molecular weight is 389 g/mol. The molecule has 0 radical (unpaired) electrons. The Morgan fingerprint density at radius 1 is 1.38 bits per heavy atom. The van der Waals surface area contributed by atoms with E-state index in [0.29, 0.717) is 18.1 Å². The van der Waals surface area contributed by atoms with E-state index >= 15 is 0 Å². The number of ether oxygens (including phenoxy) is 2. The Hall–Kier alpha value is -1.96. The highest BCUT2D eigenvalue weighted by Gasteiger charge is 2.26. The quantitative estimate of drug-likeness (QED) is 0.637. The Labute approximate surface area is 160 Å². The van der Waals surface area contributed by atoms with E-state index < -0.39 is 0 Å². The van der Waals surface area contributed by atoms with Gasteiger partial charge in [0.05, 0.1) is 30.9 Å². The summed E-state index contributed by atoms with van der Waals surface area (Å²) in [6.45, 7) is 1.32. The third-order valence-electron chi connectivity index (χ3n) is 4.44. The van der Waals surface area contributed by atoms with Crippen molar-refractivity contribution in [3.8, 4) is 5.75 Å². The van der Waals surface area contributed by atoms with Gasteiger partial charge < -0.3 is 9.47 Å². The molecule has 4 rings (SSSR count). The first kappa shape index (κ1) is 17.5. The molecule has 136 valence electrons. The highest BCUT2D eigenvalue weighted by atomic mass is 32.1. The Morgan fingerprint density at radius 3 is 3.04 bits per heavy atom. The minimum atomic E-state index is 0.0565. The van der Waals surface area contributed by atoms with E-state index in [0.717, 1.165) is 40.3 Å². The number of thiazole rings is 1. The van der Waals surface area contributed by atoms with Gasteiger partial charge in [0.2, 0.25) is 5.91 Å². The summed E-state index contributed by atoms with van der Waals surface area (Å²) in [6, 6.07) is 9.81. The highest BCUT2D eigenvalue weighted by molar-refractivity contribution is 7.22. The molecule has 0 bridgehead atoms. The van der Waals surface area contributed by atoms with Gasteiger partial charge in [-0.05, 0) is 36.4 Å². The van der Waals surface area contributed by atoms with Gasteiger partial charge in [0.25, 0.3) is 0 Å². The molecule has 2 aromatic heterocycles. The van der Waals surface area contributed by atoms with Crippen molar-refractivity contribution in [3.05, 3.63) is 40.6 Å². The fraction of sp³-hybridized carbons (Fsp3) is 0.368. The molecule has 1 saturated heterocycles. The predicted molar refractivity (Wildman–Crippen MR) is 106 cm³/mol. The zero-order valence-electron chi connectivity index (χ0n) is 14.5. The van der Waals surface area contributed by atoms with Gasteiger partial charge in [0, 0.05) is 11.5 Å². The number of methoxy groups -OCH3 is 1. The monoisotopic (exact) mass is 388 g/mol. The first-order chi connectivity index (χ1) is 12.7. The lowest BCUT2D eigenvalue weighted by molar-refractivity contribution is -0.118. The number of fused-ring (bicyclic) bond motifs is 1. The van der Waals surface area contributed by atoms with Crippen molar-refractivity contribution in [2.75, 3.05) is 25.2 Å². The smallest absolute Gasteiger partial charge is 0.234 e. The van der Waals surface area contributed by atoms with Gasteiger partial charge in [-0.15, -0.1) is 11.3 Å². The van der Waals surface area contributed by atoms with Crippen LogP contribution < -0.4 is 9.64 Å². The molecule has 0 spiro atoms. The molecule has 1 aliphatic rings. The molecular weight excluding hydrogens is 368 g/mol. The van der Waals surface area contributed by atoms with Crippen LogP contribution >= 0.6 is 22.7 Å². The van der Waals surface area contributed by atoms with Crippen LogP contribution in [-0.2, 0) is 16.0 Å². The Bertz CT molecular complexity index is 885. The number of anilines is 1. The molecule has 1 aromatic carbocycles. The number of thiophene rings is 1. The number of benzene rings is 1. The van der Waals surface area contributed by atoms with Gasteiger partial charge in [0.1, 0.15) is 11.3 Å². The molecule has 1 atom stereocenters. The van der Waals surface area contributed by atoms with Crippen LogP contribution in [0.1, 0.15) is 17.7 Å². The molecule has 0 aliphatic carbocycles. The number of hydrogen-bond donors (Lipinski definition) is 0. The Morgan fingerprint density at radius 2 is 2.31 bits per heavy atom. The van der Waals surface area contributed by atoms with Gasteiger partial charge in [-0.3, -0.25) is 9.69 Å². The van der Waals surface area contributed by atoms with Crippen LogP contribution in [0.3, 0.4) is 0 Å². The van der Waals surface area contributed by atoms with Crippen molar-refractivity contribution >= 4 is 43.9 Å². The van der Waals surface area contributed by atoms with E-state index in [2.05, 4.69) is 0 Å². The SMILES string of the molecule is COc1cccc2sc(N(CC3CCCO3)C(=O)Cc3cccs3)nc12. The lowest BCUT2D eigenvalue weighted by atomic mass is 10.2. The Kier molecular flexibility index (Phi) is 5.19. The summed E-state index contributed by atoms with van der Waals surface area (Å²) in [5, 5.41) is 2.71. The summed E-state index contributed by atoms with van der Waals surface area (Å²) in [5.74, 6) is 0.786. The molecule has 7 heteroatoms. The number of carbonyl (C=O) groups is 1. The van der Waals surface area contributed by atoms with Gasteiger partial charge in [-0.25, -0.2) is 4.98 Å². The number of nitrogens with zero attached hydrogens (tertiary/aromatic N) is 2. The second-order valence-electron chi connectivity index (χ2n) is 6.20. The standard InChI is InChI=1S/C19H20N2O3S2/c1-23-15-7-2-8-16-18(15)20-19(26-16)21(12-13-5-3-9-24-13)17(22)11-14-6-4-10-25-14/h2,4,6-8,10,13H,3,5,9,11-12H2,1H3. The zero-order chi connectivity index (χ0) is 17.9. The maximum atomic E-state index is 13.0. The number of rotatable bonds is 6. The van der Waals surface area contributed by atoms with E-state index in [4.69, 9.17) is 14.5 Å². The molecule has 3 heterocycles. The van der Waals surface area contributed by atoms with E-state index in [1.54, 1.807) is 23.3 Å². The number of amides is 1. The largest absolute Gasteiger partial charge is 0.494 e. The predicted octanol–water partition coefficient (Wildman–Crippen LogP) is 4.12. The van der Waals surface area contributed by atoms with Crippen molar-refractivity contribution in [2.45, 2.75) is 25.4 Å². The minimum absolute atomic E-state index is 0.0565. The van der Waals surface area contributed by atoms with Crippen molar-refractivity contribution in [2.24, 2.45) is 0 Å². The number of hydrogen-bond acceptors (Lipinski definition) is 6. The fourth-order valence-corrected chi connectivity index (χ4v) is 4.83. The number of aromatic nitrogens is 1. The first-order valence-electron chi connectivity index (χ1n) is 8.62. The summed E-state index contributed by atoms with van der Waals surface area (Å²) < 4.78 is 12.2. The van der Waals surface area contributed by atoms with E-state index in [-0.39, 0.29) is 12.0 Å². The van der Waals surface area contributed by atoms with Crippen LogP contribution in [0.4, 0.5) is 5.13 Å². The lowest BCUT2D eigenvalue weighted by Gasteiger charge is -2.22. The van der Waals surface area contributed by atoms with E-state index in [9.17, 15) is 4.79 Å². The lowest BCUT2D eigenvalue weighted by Crippen LogP contribution is -2.38. The van der Waals surface area contributed by atoms with Crippen molar-refractivity contribution < 1.29 is 14.3 Å². The van der Waals surface area contributed by atoms with Crippen LogP contribution in [0, 0.1) is 0 Å². The molecule has 1 fully saturated rings. The van der Waals surface area contributed by atoms with E-state index in [1.807, 2.05) is 35.7 Å². The molecule has 0 saturated carbocycles. The summed E-state index contributed by atoms with van der Waals surface area (Å²) in [6.07, 6.45) is 2.50. The molecular formula is C19H20N2O3S2. The van der Waals surface area contributed by atoms with E-state index in [1.165, 1.54) is 11.3 Å². The summed E-state index contributed by atoms with van der Waals surface area (Å²) in [4.78, 5) is 20.6. The maximum Gasteiger partial charge on any atom is 0.234 e. The van der Waals surface area contributed by atoms with Gasteiger partial charge in [0.15, 0.2) is 5.13 Å². The zero-order valence-corrected chi connectivity index (χ0v) is 16.1. The number of para-hydroxylation sites is 1. The maximum absolute atomic E-state index is 13.0. The molecule has 1 amide bonds. The van der Waals surface area contributed by atoms with Crippen LogP contribution in [0.15, 0.2) is 35.7 Å². The molecule has 26 heavy (non-hydrogen) atoms. The average Bonchev–Trinajstić information content (AvgIpc) is 3.39. The summed E-state index contributed by atoms with van der Waals surface area (Å²) in [5.41, 5.74) is 0.802. The third kappa shape index (κ3) is 3.60. The molecule has 1 unspecified atom stereocenters. The summed E-state index contributed by atoms with van der Waals surface area (Å²) >= 11 is 3.12. The molecule has 5 nitrogen and oxygen atoms in total. The van der Waals surface area contributed by atoms with Crippen LogP contribution in [0.5, 0.6) is 5.75 Å². The van der Waals surface area contributed by atoms with Gasteiger partial charge in [-0.1, -0.05) is 23.5 Å². The minimum Gasteiger partial charge on any atom is -0.494 e. The summed E-state index contributed by atoms with van der Waals surface area (Å²) in [7, 11) is 1.64. The fourth-order valence-electron chi connectivity index (χ4n) is 3.13. The van der Waals surface area contributed by atoms with Crippen LogP contribution in [0.25, 0.3) is 10.2 Å². The van der Waals surface area contributed by atoms with Gasteiger partial charge in [-0.2, -0.15) is 0 Å². The van der Waals surface area contributed by atoms with Crippen molar-refractivity contribution in [1.29, 1.82) is 0 Å². The first-order valence-corrected chi connectivity index (χ1v) is 10.3. The van der Waals surface area contributed by atoms with Crippen molar-refractivity contribution in [1.82, 2.24) is 4.98 Å². The molecule has 1 aliphatic heterocycles. The van der Waals surface area contributed by atoms with Crippen molar-refractivity contribution in [3.63, 3.8) is 0 Å². The highest BCUT2D eigenvalue weighted by Crippen LogP contribution is 2.35. The molecule has 3 aromatic rings. The Balaban J connectivity index is 1.66. The topological polar surface area (TPSA) is 51.7 Å². The second kappa shape index (κ2) is 7.73. The molecule has 0 N–H and O–H groups in total.